The predicted octanol–water partition coefficient (Wildman–Crippen LogP) is 13.5. The minimum Gasteiger partial charge on any atom is -0.455 e. The highest BCUT2D eigenvalue weighted by atomic mass is 32.1. The molecule has 2 aliphatic rings. The Morgan fingerprint density at radius 2 is 1.21 bits per heavy atom. The van der Waals surface area contributed by atoms with E-state index in [1.807, 2.05) is 47.7 Å². The van der Waals surface area contributed by atoms with E-state index in [-0.39, 0.29) is 0 Å². The fourth-order valence-corrected chi connectivity index (χ4v) is 10.4. The van der Waals surface area contributed by atoms with Gasteiger partial charge < -0.3 is 9.73 Å². The Balaban J connectivity index is 1.15. The molecule has 2 aromatic heterocycles. The molecular formula is C53H35N3OS. The number of nitrogens with zero attached hydrogens (tertiary/aromatic N) is 2. The van der Waals surface area contributed by atoms with Crippen molar-refractivity contribution < 1.29 is 4.42 Å². The van der Waals surface area contributed by atoms with Gasteiger partial charge in [-0.05, 0) is 82.1 Å². The number of amidine groups is 2. The second kappa shape index (κ2) is 13.3. The third kappa shape index (κ3) is 5.28. The lowest BCUT2D eigenvalue weighted by Crippen LogP contribution is -2.33. The first-order chi connectivity index (χ1) is 28.7. The summed E-state index contributed by atoms with van der Waals surface area (Å²) in [5.41, 5.74) is 14.8. The molecule has 1 aliphatic heterocycles. The second-order valence-electron chi connectivity index (χ2n) is 15.2. The summed E-state index contributed by atoms with van der Waals surface area (Å²) in [5.74, 6) is 1.48. The number of hydrogen-bond acceptors (Lipinski definition) is 5. The normalized spacial score (nSPS) is 14.9. The molecule has 1 N–H and O–H groups in total. The molecule has 0 amide bonds. The number of thiophene rings is 1. The molecule has 1 atom stereocenters. The first-order valence-corrected chi connectivity index (χ1v) is 20.7. The number of benzene rings is 8. The zero-order chi connectivity index (χ0) is 38.2. The first kappa shape index (κ1) is 33.1. The lowest BCUT2D eigenvalue weighted by Gasteiger charge is -2.24. The smallest absolute Gasteiger partial charge is 0.159 e. The number of hydrogen-bond donors (Lipinski definition) is 1. The number of nitrogens with one attached hydrogen (secondary N) is 1. The summed E-state index contributed by atoms with van der Waals surface area (Å²) in [4.78, 5) is 10.4. The van der Waals surface area contributed by atoms with Gasteiger partial charge in [-0.1, -0.05) is 146 Å². The second-order valence-corrected chi connectivity index (χ2v) is 16.3. The summed E-state index contributed by atoms with van der Waals surface area (Å²) in [7, 11) is 0. The van der Waals surface area contributed by atoms with Gasteiger partial charge in [-0.3, -0.25) is 0 Å². The average molecular weight is 762 g/mol. The molecule has 0 radical (unpaired) electrons. The van der Waals surface area contributed by atoms with Crippen LogP contribution in [0.4, 0.5) is 0 Å². The Kier molecular flexibility index (Phi) is 7.57. The summed E-state index contributed by atoms with van der Waals surface area (Å²) in [6.07, 6.45) is 1.66. The molecule has 0 fully saturated rings. The largest absolute Gasteiger partial charge is 0.455 e. The minimum absolute atomic E-state index is 0.417. The van der Waals surface area contributed by atoms with Crippen molar-refractivity contribution in [3.05, 3.63) is 204 Å². The third-order valence-corrected chi connectivity index (χ3v) is 13.0. The molecule has 0 spiro atoms. The maximum Gasteiger partial charge on any atom is 0.159 e. The molecule has 4 nitrogen and oxygen atoms in total. The molecular weight excluding hydrogens is 727 g/mol. The molecule has 10 aromatic rings. The van der Waals surface area contributed by atoms with Crippen molar-refractivity contribution in [2.24, 2.45) is 9.98 Å². The lowest BCUT2D eigenvalue weighted by molar-refractivity contribution is 0.663. The van der Waals surface area contributed by atoms with Crippen molar-refractivity contribution >= 4 is 65.1 Å². The van der Waals surface area contributed by atoms with E-state index >= 15 is 0 Å². The van der Waals surface area contributed by atoms with Crippen LogP contribution in [0.3, 0.4) is 0 Å². The van der Waals surface area contributed by atoms with E-state index < -0.39 is 6.17 Å². The molecule has 0 saturated carbocycles. The highest BCUT2D eigenvalue weighted by Gasteiger charge is 2.27. The van der Waals surface area contributed by atoms with Crippen LogP contribution >= 0.6 is 11.3 Å². The maximum atomic E-state index is 7.09. The quantitative estimate of drug-likeness (QED) is 0.190. The van der Waals surface area contributed by atoms with Gasteiger partial charge in [-0.25, -0.2) is 9.98 Å². The summed E-state index contributed by atoms with van der Waals surface area (Å²) >= 11 is 1.85. The summed E-state index contributed by atoms with van der Waals surface area (Å²) in [6, 6.07) is 62.9. The van der Waals surface area contributed by atoms with E-state index in [9.17, 15) is 0 Å². The van der Waals surface area contributed by atoms with Gasteiger partial charge in [0.05, 0.1) is 0 Å². The molecule has 5 heteroatoms. The van der Waals surface area contributed by atoms with E-state index in [0.717, 1.165) is 62.9 Å². The van der Waals surface area contributed by atoms with Crippen molar-refractivity contribution in [2.45, 2.75) is 19.0 Å². The molecule has 8 aromatic carbocycles. The fraction of sp³-hybridized carbons (Fsp3) is 0.0566. The van der Waals surface area contributed by atoms with Crippen LogP contribution in [0.1, 0.15) is 34.0 Å². The lowest BCUT2D eigenvalue weighted by atomic mass is 9.81. The number of fused-ring (bicyclic) bond motifs is 9. The van der Waals surface area contributed by atoms with E-state index in [0.29, 0.717) is 5.84 Å². The molecule has 12 rings (SSSR count). The molecule has 0 bridgehead atoms. The van der Waals surface area contributed by atoms with E-state index in [1.165, 1.54) is 59.1 Å². The predicted molar refractivity (Wildman–Crippen MR) is 242 cm³/mol. The third-order valence-electron chi connectivity index (χ3n) is 11.8. The zero-order valence-electron chi connectivity index (χ0n) is 31.4. The Labute approximate surface area is 339 Å². The zero-order valence-corrected chi connectivity index (χ0v) is 32.3. The van der Waals surface area contributed by atoms with Crippen LogP contribution in [-0.4, -0.2) is 11.7 Å². The van der Waals surface area contributed by atoms with Gasteiger partial charge in [0.2, 0.25) is 0 Å². The summed E-state index contributed by atoms with van der Waals surface area (Å²) < 4.78 is 9.63. The molecule has 1 unspecified atom stereocenters. The topological polar surface area (TPSA) is 49.9 Å². The number of rotatable bonds is 5. The minimum atomic E-state index is -0.417. The number of furan rings is 1. The molecule has 58 heavy (non-hydrogen) atoms. The van der Waals surface area contributed by atoms with E-state index in [4.69, 9.17) is 14.4 Å². The monoisotopic (exact) mass is 761 g/mol. The molecule has 3 heterocycles. The van der Waals surface area contributed by atoms with Gasteiger partial charge in [-0.15, -0.1) is 11.3 Å². The van der Waals surface area contributed by atoms with Gasteiger partial charge in [0.1, 0.15) is 23.2 Å². The van der Waals surface area contributed by atoms with Gasteiger partial charge in [0.25, 0.3) is 0 Å². The van der Waals surface area contributed by atoms with Gasteiger partial charge in [-0.2, -0.15) is 0 Å². The van der Waals surface area contributed by atoms with E-state index in [2.05, 4.69) is 145 Å². The first-order valence-electron chi connectivity index (χ1n) is 19.9. The van der Waals surface area contributed by atoms with Crippen LogP contribution in [0, 0.1) is 0 Å². The van der Waals surface area contributed by atoms with Crippen molar-refractivity contribution in [1.29, 1.82) is 0 Å². The maximum absolute atomic E-state index is 7.09. The molecule has 1 aliphatic carbocycles. The van der Waals surface area contributed by atoms with E-state index in [1.54, 1.807) is 0 Å². The fourth-order valence-electron chi connectivity index (χ4n) is 9.23. The van der Waals surface area contributed by atoms with Crippen LogP contribution in [0.5, 0.6) is 0 Å². The Hall–Kier alpha value is -7.08. The van der Waals surface area contributed by atoms with Crippen LogP contribution in [0.25, 0.3) is 75.5 Å². The SMILES string of the molecule is c1ccc(C2=NC(c3cccc4oc5c(-c6cccc7sc8ccccc8c67)cc(-c6cccc7c6-c6ccccc6CC7)cc5c34)NC(c3ccccc3)=N2)cc1. The van der Waals surface area contributed by atoms with Crippen LogP contribution < -0.4 is 5.32 Å². The van der Waals surface area contributed by atoms with Gasteiger partial charge in [0.15, 0.2) is 5.84 Å². The molecule has 274 valence electrons. The number of aliphatic imine (C=N–C) groups is 2. The highest BCUT2D eigenvalue weighted by Crippen LogP contribution is 2.48. The number of aryl methyl sites for hydroxylation is 2. The van der Waals surface area contributed by atoms with Crippen LogP contribution in [0.2, 0.25) is 0 Å². The van der Waals surface area contributed by atoms with Crippen molar-refractivity contribution in [3.8, 4) is 33.4 Å². The summed E-state index contributed by atoms with van der Waals surface area (Å²) in [5, 5.41) is 8.39. The van der Waals surface area contributed by atoms with Crippen molar-refractivity contribution in [3.63, 3.8) is 0 Å². The Bertz CT molecular complexity index is 3320. The van der Waals surface area contributed by atoms with Crippen molar-refractivity contribution in [2.75, 3.05) is 0 Å². The van der Waals surface area contributed by atoms with Gasteiger partial charge in [0, 0.05) is 53.2 Å². The van der Waals surface area contributed by atoms with Crippen LogP contribution in [-0.2, 0) is 12.8 Å². The Morgan fingerprint density at radius 1 is 0.517 bits per heavy atom. The standard InChI is InChI=1S/C53H35N3OS/c1-3-15-34(16-4-1)51-54-52(35-17-5-2-6-18-35)56-53(55-51)41-24-12-25-44-48(41)43-31-36(38-22-11-19-33-29-28-32-14-7-8-20-37(32)47(33)38)30-42(50(43)57-44)39-23-13-27-46-49(39)40-21-9-10-26-45(40)58-46/h1-27,30-31,53H,28-29H2,(H,54,55,56). The molecule has 0 saturated heterocycles. The Morgan fingerprint density at radius 3 is 2.10 bits per heavy atom. The van der Waals surface area contributed by atoms with Gasteiger partial charge >= 0.3 is 0 Å². The summed E-state index contributed by atoms with van der Waals surface area (Å²) in [6.45, 7) is 0. The average Bonchev–Trinajstić information content (AvgIpc) is 3.88. The highest BCUT2D eigenvalue weighted by molar-refractivity contribution is 7.25. The van der Waals surface area contributed by atoms with Crippen LogP contribution in [0.15, 0.2) is 190 Å². The van der Waals surface area contributed by atoms with Crippen molar-refractivity contribution in [1.82, 2.24) is 5.32 Å².